The predicted molar refractivity (Wildman–Crippen MR) is 71.8 cm³/mol. The predicted octanol–water partition coefficient (Wildman–Crippen LogP) is 3.16. The second-order valence-electron chi connectivity index (χ2n) is 5.34. The highest BCUT2D eigenvalue weighted by molar-refractivity contribution is 6.30. The van der Waals surface area contributed by atoms with Crippen molar-refractivity contribution in [2.24, 2.45) is 0 Å². The van der Waals surface area contributed by atoms with Gasteiger partial charge in [-0.15, -0.1) is 0 Å². The van der Waals surface area contributed by atoms with Crippen molar-refractivity contribution < 1.29 is 14.6 Å². The molecule has 1 aromatic rings. The standard InChI is InChI=1S/C14H19ClO3/c1-14(2,8-16)11-6-9(15)7-12(17-3)13(11)18-10-4-5-10/h6-7,10,16H,4-5,8H2,1-3H3. The van der Waals surface area contributed by atoms with Crippen molar-refractivity contribution in [1.82, 2.24) is 0 Å². The SMILES string of the molecule is COc1cc(Cl)cc(C(C)(C)CO)c1OC1CC1. The van der Waals surface area contributed by atoms with Crippen molar-refractivity contribution in [3.63, 3.8) is 0 Å². The summed E-state index contributed by atoms with van der Waals surface area (Å²) in [6.07, 6.45) is 2.42. The molecular formula is C14H19ClO3. The van der Waals surface area contributed by atoms with Crippen LogP contribution < -0.4 is 9.47 Å². The number of rotatable bonds is 5. The lowest BCUT2D eigenvalue weighted by Gasteiger charge is -2.26. The van der Waals surface area contributed by atoms with Crippen molar-refractivity contribution in [2.45, 2.75) is 38.2 Å². The highest BCUT2D eigenvalue weighted by Gasteiger charge is 2.31. The first-order valence-corrected chi connectivity index (χ1v) is 6.51. The molecule has 0 bridgehead atoms. The van der Waals surface area contributed by atoms with Crippen LogP contribution >= 0.6 is 11.6 Å². The summed E-state index contributed by atoms with van der Waals surface area (Å²) in [6, 6.07) is 3.59. The Hall–Kier alpha value is -0.930. The molecule has 1 N–H and O–H groups in total. The number of methoxy groups -OCH3 is 1. The Bertz CT molecular complexity index is 439. The molecule has 1 aliphatic carbocycles. The van der Waals surface area contributed by atoms with Crippen molar-refractivity contribution in [2.75, 3.05) is 13.7 Å². The topological polar surface area (TPSA) is 38.7 Å². The second-order valence-corrected chi connectivity index (χ2v) is 5.78. The summed E-state index contributed by atoms with van der Waals surface area (Å²) in [6.45, 7) is 3.94. The number of hydrogen-bond donors (Lipinski definition) is 1. The maximum Gasteiger partial charge on any atom is 0.165 e. The highest BCUT2D eigenvalue weighted by atomic mass is 35.5. The summed E-state index contributed by atoms with van der Waals surface area (Å²) in [5.41, 5.74) is 0.476. The van der Waals surface area contributed by atoms with Crippen molar-refractivity contribution >= 4 is 11.6 Å². The minimum Gasteiger partial charge on any atom is -0.493 e. The summed E-state index contributed by atoms with van der Waals surface area (Å²) in [5, 5.41) is 10.1. The van der Waals surface area contributed by atoms with E-state index in [9.17, 15) is 5.11 Å². The van der Waals surface area contributed by atoms with Crippen LogP contribution in [0.25, 0.3) is 0 Å². The number of aliphatic hydroxyl groups is 1. The van der Waals surface area contributed by atoms with Gasteiger partial charge in [-0.25, -0.2) is 0 Å². The number of hydrogen-bond acceptors (Lipinski definition) is 3. The summed E-state index contributed by atoms with van der Waals surface area (Å²) < 4.78 is 11.3. The fourth-order valence-corrected chi connectivity index (χ4v) is 1.99. The summed E-state index contributed by atoms with van der Waals surface area (Å²) in [7, 11) is 1.60. The van der Waals surface area contributed by atoms with E-state index < -0.39 is 5.41 Å². The molecule has 0 heterocycles. The van der Waals surface area contributed by atoms with Crippen molar-refractivity contribution in [3.05, 3.63) is 22.7 Å². The molecule has 0 aromatic heterocycles. The van der Waals surface area contributed by atoms with Crippen LogP contribution in [0, 0.1) is 0 Å². The maximum atomic E-state index is 9.54. The molecule has 1 fully saturated rings. The minimum atomic E-state index is -0.414. The Morgan fingerprint density at radius 3 is 2.56 bits per heavy atom. The van der Waals surface area contributed by atoms with Crippen LogP contribution in [0.2, 0.25) is 5.02 Å². The third kappa shape index (κ3) is 2.73. The van der Waals surface area contributed by atoms with Gasteiger partial charge < -0.3 is 14.6 Å². The van der Waals surface area contributed by atoms with E-state index in [0.717, 1.165) is 18.4 Å². The van der Waals surface area contributed by atoms with Crippen molar-refractivity contribution in [3.8, 4) is 11.5 Å². The Morgan fingerprint density at radius 2 is 2.06 bits per heavy atom. The first kappa shape index (κ1) is 13.5. The van der Waals surface area contributed by atoms with Gasteiger partial charge in [0.25, 0.3) is 0 Å². The molecule has 1 saturated carbocycles. The summed E-state index contributed by atoms with van der Waals surface area (Å²) in [5.74, 6) is 1.34. The molecule has 0 amide bonds. The second kappa shape index (κ2) is 4.98. The van der Waals surface area contributed by atoms with Crippen LogP contribution in [0.15, 0.2) is 12.1 Å². The van der Waals surface area contributed by atoms with E-state index >= 15 is 0 Å². The largest absolute Gasteiger partial charge is 0.493 e. The normalized spacial score (nSPS) is 15.6. The summed E-state index contributed by atoms with van der Waals surface area (Å²) in [4.78, 5) is 0. The van der Waals surface area contributed by atoms with Gasteiger partial charge in [0.2, 0.25) is 0 Å². The Morgan fingerprint density at radius 1 is 1.39 bits per heavy atom. The molecule has 0 aliphatic heterocycles. The smallest absolute Gasteiger partial charge is 0.165 e. The van der Waals surface area contributed by atoms with Gasteiger partial charge in [0.1, 0.15) is 0 Å². The van der Waals surface area contributed by atoms with Crippen LogP contribution in [0.5, 0.6) is 11.5 Å². The Kier molecular flexibility index (Phi) is 3.74. The molecule has 4 heteroatoms. The van der Waals surface area contributed by atoms with E-state index in [1.807, 2.05) is 19.9 Å². The van der Waals surface area contributed by atoms with Gasteiger partial charge >= 0.3 is 0 Å². The average molecular weight is 271 g/mol. The lowest BCUT2D eigenvalue weighted by Crippen LogP contribution is -2.23. The van der Waals surface area contributed by atoms with E-state index in [1.54, 1.807) is 13.2 Å². The molecule has 0 spiro atoms. The van der Waals surface area contributed by atoms with E-state index in [4.69, 9.17) is 21.1 Å². The molecule has 1 aliphatic rings. The highest BCUT2D eigenvalue weighted by Crippen LogP contribution is 2.43. The lowest BCUT2D eigenvalue weighted by molar-refractivity contribution is 0.208. The molecule has 0 radical (unpaired) electrons. The van der Waals surface area contributed by atoms with E-state index in [-0.39, 0.29) is 12.7 Å². The summed E-state index contributed by atoms with van der Waals surface area (Å²) >= 11 is 6.10. The molecule has 1 aromatic carbocycles. The van der Waals surface area contributed by atoms with Crippen LogP contribution in [0.3, 0.4) is 0 Å². The van der Waals surface area contributed by atoms with Gasteiger partial charge in [0.05, 0.1) is 19.8 Å². The zero-order valence-corrected chi connectivity index (χ0v) is 11.8. The van der Waals surface area contributed by atoms with Gasteiger partial charge in [-0.3, -0.25) is 0 Å². The zero-order valence-electron chi connectivity index (χ0n) is 11.0. The molecule has 18 heavy (non-hydrogen) atoms. The zero-order chi connectivity index (χ0) is 13.3. The van der Waals surface area contributed by atoms with Crippen LogP contribution in [0.1, 0.15) is 32.3 Å². The van der Waals surface area contributed by atoms with Gasteiger partial charge in [-0.2, -0.15) is 0 Å². The van der Waals surface area contributed by atoms with E-state index in [0.29, 0.717) is 16.5 Å². The first-order chi connectivity index (χ1) is 8.47. The van der Waals surface area contributed by atoms with Gasteiger partial charge in [0, 0.05) is 22.1 Å². The molecule has 0 unspecified atom stereocenters. The quantitative estimate of drug-likeness (QED) is 0.893. The Labute approximate surface area is 113 Å². The number of ether oxygens (including phenoxy) is 2. The number of halogens is 1. The first-order valence-electron chi connectivity index (χ1n) is 6.13. The molecular weight excluding hydrogens is 252 g/mol. The fourth-order valence-electron chi connectivity index (χ4n) is 1.78. The monoisotopic (exact) mass is 270 g/mol. The van der Waals surface area contributed by atoms with Crippen molar-refractivity contribution in [1.29, 1.82) is 0 Å². The average Bonchev–Trinajstić information content (AvgIpc) is 3.14. The maximum absolute atomic E-state index is 9.54. The third-order valence-electron chi connectivity index (χ3n) is 3.17. The minimum absolute atomic E-state index is 0.0253. The van der Waals surface area contributed by atoms with E-state index in [2.05, 4.69) is 0 Å². The van der Waals surface area contributed by atoms with Crippen LogP contribution in [-0.4, -0.2) is 24.9 Å². The van der Waals surface area contributed by atoms with E-state index in [1.165, 1.54) is 0 Å². The molecule has 3 nitrogen and oxygen atoms in total. The van der Waals surface area contributed by atoms with Gasteiger partial charge in [-0.05, 0) is 18.9 Å². The van der Waals surface area contributed by atoms with Gasteiger partial charge in [-0.1, -0.05) is 25.4 Å². The Balaban J connectivity index is 2.49. The third-order valence-corrected chi connectivity index (χ3v) is 3.39. The van der Waals surface area contributed by atoms with Gasteiger partial charge in [0.15, 0.2) is 11.5 Å². The molecule has 0 saturated heterocycles. The number of benzene rings is 1. The lowest BCUT2D eigenvalue weighted by atomic mass is 9.84. The molecule has 100 valence electrons. The number of aliphatic hydroxyl groups excluding tert-OH is 1. The molecule has 0 atom stereocenters. The molecule has 2 rings (SSSR count). The fraction of sp³-hybridized carbons (Fsp3) is 0.571. The van der Waals surface area contributed by atoms with Crippen LogP contribution in [-0.2, 0) is 5.41 Å². The van der Waals surface area contributed by atoms with Crippen LogP contribution in [0.4, 0.5) is 0 Å².